The molecule has 1 saturated carbocycles. The lowest BCUT2D eigenvalue weighted by Gasteiger charge is -2.05. The van der Waals surface area contributed by atoms with Gasteiger partial charge in [0.1, 0.15) is 0 Å². The summed E-state index contributed by atoms with van der Waals surface area (Å²) in [7, 11) is 0. The van der Waals surface area contributed by atoms with Gasteiger partial charge in [-0.3, -0.25) is 0 Å². The Bertz CT molecular complexity index is 206. The lowest BCUT2D eigenvalue weighted by molar-refractivity contribution is 0.645. The van der Waals surface area contributed by atoms with Gasteiger partial charge < -0.3 is 5.73 Å². The Morgan fingerprint density at radius 1 is 1.55 bits per heavy atom. The van der Waals surface area contributed by atoms with E-state index in [0.29, 0.717) is 6.04 Å². The Labute approximate surface area is 77.0 Å². The molecule has 1 heterocycles. The molecule has 0 spiro atoms. The number of thiophene rings is 1. The third-order valence-electron chi connectivity index (χ3n) is 2.00. The Kier molecular flexibility index (Phi) is 2.93. The van der Waals surface area contributed by atoms with E-state index in [-0.39, 0.29) is 12.4 Å². The van der Waals surface area contributed by atoms with Crippen molar-refractivity contribution in [3.63, 3.8) is 0 Å². The third kappa shape index (κ3) is 1.95. The molecule has 0 saturated heterocycles. The molecule has 1 aromatic rings. The van der Waals surface area contributed by atoms with Gasteiger partial charge in [0.25, 0.3) is 0 Å². The molecule has 0 aliphatic heterocycles. The van der Waals surface area contributed by atoms with Gasteiger partial charge in [0.05, 0.1) is 0 Å². The highest BCUT2D eigenvalue weighted by Gasteiger charge is 2.29. The van der Waals surface area contributed by atoms with Gasteiger partial charge in [-0.2, -0.15) is 0 Å². The molecule has 1 fully saturated rings. The van der Waals surface area contributed by atoms with Crippen molar-refractivity contribution in [3.8, 4) is 0 Å². The van der Waals surface area contributed by atoms with Gasteiger partial charge in [-0.15, -0.1) is 23.7 Å². The molecular formula is C8H12ClNS. The van der Waals surface area contributed by atoms with E-state index in [2.05, 4.69) is 17.5 Å². The highest BCUT2D eigenvalue weighted by atomic mass is 35.5. The SMILES string of the molecule is Cl.N[C@@H](c1cccs1)C1CC1. The van der Waals surface area contributed by atoms with Crippen LogP contribution in [0.15, 0.2) is 17.5 Å². The molecule has 62 valence electrons. The van der Waals surface area contributed by atoms with Crippen LogP contribution in [0.5, 0.6) is 0 Å². The summed E-state index contributed by atoms with van der Waals surface area (Å²) < 4.78 is 0. The minimum Gasteiger partial charge on any atom is -0.323 e. The molecule has 1 aliphatic rings. The molecule has 1 nitrogen and oxygen atoms in total. The molecule has 2 N–H and O–H groups in total. The average molecular weight is 190 g/mol. The van der Waals surface area contributed by atoms with Gasteiger partial charge in [0, 0.05) is 10.9 Å². The van der Waals surface area contributed by atoms with Gasteiger partial charge in [0.2, 0.25) is 0 Å². The zero-order valence-electron chi connectivity index (χ0n) is 6.19. The molecular weight excluding hydrogens is 178 g/mol. The molecule has 0 unspecified atom stereocenters. The summed E-state index contributed by atoms with van der Waals surface area (Å²) in [5, 5.41) is 2.09. The smallest absolute Gasteiger partial charge is 0.0418 e. The maximum Gasteiger partial charge on any atom is 0.0418 e. The summed E-state index contributed by atoms with van der Waals surface area (Å²) in [5.74, 6) is 0.790. The van der Waals surface area contributed by atoms with Gasteiger partial charge in [-0.05, 0) is 30.2 Å². The largest absolute Gasteiger partial charge is 0.323 e. The van der Waals surface area contributed by atoms with E-state index in [4.69, 9.17) is 5.73 Å². The monoisotopic (exact) mass is 189 g/mol. The van der Waals surface area contributed by atoms with Crippen LogP contribution in [0.25, 0.3) is 0 Å². The Morgan fingerprint density at radius 3 is 2.73 bits per heavy atom. The van der Waals surface area contributed by atoms with Crippen LogP contribution in [0.2, 0.25) is 0 Å². The Hall–Kier alpha value is -0.0500. The summed E-state index contributed by atoms with van der Waals surface area (Å²) in [5.41, 5.74) is 5.96. The van der Waals surface area contributed by atoms with Crippen LogP contribution in [-0.2, 0) is 0 Å². The zero-order chi connectivity index (χ0) is 6.97. The van der Waals surface area contributed by atoms with E-state index in [1.165, 1.54) is 17.7 Å². The van der Waals surface area contributed by atoms with E-state index in [1.807, 2.05) is 0 Å². The highest BCUT2D eigenvalue weighted by Crippen LogP contribution is 2.40. The molecule has 0 radical (unpaired) electrons. The van der Waals surface area contributed by atoms with Crippen molar-refractivity contribution in [2.75, 3.05) is 0 Å². The minimum absolute atomic E-state index is 0. The summed E-state index contributed by atoms with van der Waals surface area (Å²) in [6, 6.07) is 4.54. The second kappa shape index (κ2) is 3.57. The summed E-state index contributed by atoms with van der Waals surface area (Å²) in [4.78, 5) is 1.35. The van der Waals surface area contributed by atoms with E-state index < -0.39 is 0 Å². The van der Waals surface area contributed by atoms with Crippen molar-refractivity contribution in [3.05, 3.63) is 22.4 Å². The van der Waals surface area contributed by atoms with Crippen LogP contribution in [0.4, 0.5) is 0 Å². The minimum atomic E-state index is 0. The molecule has 0 aromatic carbocycles. The molecule has 1 aliphatic carbocycles. The van der Waals surface area contributed by atoms with Gasteiger partial charge in [-0.1, -0.05) is 6.07 Å². The summed E-state index contributed by atoms with van der Waals surface area (Å²) in [6.07, 6.45) is 2.66. The first-order chi connectivity index (χ1) is 4.88. The van der Waals surface area contributed by atoms with E-state index >= 15 is 0 Å². The Morgan fingerprint density at radius 2 is 2.27 bits per heavy atom. The van der Waals surface area contributed by atoms with Crippen molar-refractivity contribution in [1.29, 1.82) is 0 Å². The van der Waals surface area contributed by atoms with Gasteiger partial charge in [-0.25, -0.2) is 0 Å². The standard InChI is InChI=1S/C8H11NS.ClH/c9-8(6-3-4-6)7-2-1-5-10-7;/h1-2,5-6,8H,3-4,9H2;1H/t8-;/m1./s1. The lowest BCUT2D eigenvalue weighted by atomic mass is 10.2. The zero-order valence-corrected chi connectivity index (χ0v) is 7.83. The topological polar surface area (TPSA) is 26.0 Å². The maximum atomic E-state index is 5.96. The van der Waals surface area contributed by atoms with E-state index in [0.717, 1.165) is 5.92 Å². The van der Waals surface area contributed by atoms with Crippen LogP contribution < -0.4 is 5.73 Å². The lowest BCUT2D eigenvalue weighted by Crippen LogP contribution is -2.10. The number of hydrogen-bond acceptors (Lipinski definition) is 2. The average Bonchev–Trinajstić information content (AvgIpc) is 2.65. The van der Waals surface area contributed by atoms with Gasteiger partial charge in [0.15, 0.2) is 0 Å². The predicted molar refractivity (Wildman–Crippen MR) is 51.2 cm³/mol. The number of rotatable bonds is 2. The molecule has 11 heavy (non-hydrogen) atoms. The predicted octanol–water partition coefficient (Wildman–Crippen LogP) is 2.58. The van der Waals surface area contributed by atoms with Crippen molar-refractivity contribution < 1.29 is 0 Å². The number of halogens is 1. The second-order valence-corrected chi connectivity index (χ2v) is 3.86. The molecule has 1 atom stereocenters. The third-order valence-corrected chi connectivity index (χ3v) is 2.98. The van der Waals surface area contributed by atoms with Crippen molar-refractivity contribution in [1.82, 2.24) is 0 Å². The molecule has 1 aromatic heterocycles. The normalized spacial score (nSPS) is 19.0. The highest BCUT2D eigenvalue weighted by molar-refractivity contribution is 7.10. The maximum absolute atomic E-state index is 5.96. The van der Waals surface area contributed by atoms with Crippen LogP contribution in [0.3, 0.4) is 0 Å². The summed E-state index contributed by atoms with van der Waals surface area (Å²) >= 11 is 1.77. The van der Waals surface area contributed by atoms with Crippen LogP contribution in [0.1, 0.15) is 23.8 Å². The number of nitrogens with two attached hydrogens (primary N) is 1. The molecule has 3 heteroatoms. The summed E-state index contributed by atoms with van der Waals surface area (Å²) in [6.45, 7) is 0. The van der Waals surface area contributed by atoms with Gasteiger partial charge >= 0.3 is 0 Å². The quantitative estimate of drug-likeness (QED) is 0.761. The first-order valence-corrected chi connectivity index (χ1v) is 4.55. The first kappa shape index (κ1) is 9.04. The Balaban J connectivity index is 0.000000605. The molecule has 0 amide bonds. The molecule has 0 bridgehead atoms. The van der Waals surface area contributed by atoms with E-state index in [9.17, 15) is 0 Å². The number of hydrogen-bond donors (Lipinski definition) is 1. The second-order valence-electron chi connectivity index (χ2n) is 2.88. The van der Waals surface area contributed by atoms with Crippen LogP contribution in [0, 0.1) is 5.92 Å². The fourth-order valence-corrected chi connectivity index (χ4v) is 1.99. The van der Waals surface area contributed by atoms with Crippen molar-refractivity contribution >= 4 is 23.7 Å². The van der Waals surface area contributed by atoms with E-state index in [1.54, 1.807) is 11.3 Å². The molecule has 2 rings (SSSR count). The fraction of sp³-hybridized carbons (Fsp3) is 0.500. The fourth-order valence-electron chi connectivity index (χ4n) is 1.17. The van der Waals surface area contributed by atoms with Crippen LogP contribution >= 0.6 is 23.7 Å². The van der Waals surface area contributed by atoms with Crippen molar-refractivity contribution in [2.45, 2.75) is 18.9 Å². The first-order valence-electron chi connectivity index (χ1n) is 3.67. The van der Waals surface area contributed by atoms with Crippen LogP contribution in [-0.4, -0.2) is 0 Å². The van der Waals surface area contributed by atoms with Crippen molar-refractivity contribution in [2.24, 2.45) is 11.7 Å².